The molecule has 0 spiro atoms. The molecule has 0 heterocycles. The van der Waals surface area contributed by atoms with E-state index >= 15 is 0 Å². The molecule has 0 radical (unpaired) electrons. The van der Waals surface area contributed by atoms with E-state index in [-0.39, 0.29) is 21.4 Å². The summed E-state index contributed by atoms with van der Waals surface area (Å²) < 4.78 is 4.95. The number of halogens is 2. The zero-order valence-electron chi connectivity index (χ0n) is 14.0. The van der Waals surface area contributed by atoms with Gasteiger partial charge in [-0.1, -0.05) is 59.6 Å². The van der Waals surface area contributed by atoms with Gasteiger partial charge in [0.15, 0.2) is 12.4 Å². The highest BCUT2D eigenvalue weighted by Gasteiger charge is 2.20. The van der Waals surface area contributed by atoms with Crippen LogP contribution < -0.4 is 5.32 Å². The summed E-state index contributed by atoms with van der Waals surface area (Å²) in [6.45, 7) is 0.867. The maximum atomic E-state index is 12.0. The van der Waals surface area contributed by atoms with Crippen molar-refractivity contribution in [3.63, 3.8) is 0 Å². The SMILES string of the molecule is CC(=O)[C@@H](Cc1ccccc1)NC(=O)COC(=O)c1cccc(Cl)c1Cl. The molecule has 7 heteroatoms. The number of rotatable bonds is 7. The molecule has 136 valence electrons. The Morgan fingerprint density at radius 1 is 1.04 bits per heavy atom. The molecule has 2 rings (SSSR count). The minimum Gasteiger partial charge on any atom is -0.452 e. The summed E-state index contributed by atoms with van der Waals surface area (Å²) in [6.07, 6.45) is 0.357. The molecule has 1 amide bonds. The number of hydrogen-bond donors (Lipinski definition) is 1. The Labute approximate surface area is 161 Å². The minimum atomic E-state index is -0.768. The lowest BCUT2D eigenvalue weighted by Gasteiger charge is -2.16. The summed E-state index contributed by atoms with van der Waals surface area (Å²) in [5.74, 6) is -1.53. The van der Waals surface area contributed by atoms with E-state index in [1.807, 2.05) is 30.3 Å². The number of amides is 1. The number of nitrogens with one attached hydrogen (secondary N) is 1. The van der Waals surface area contributed by atoms with E-state index in [1.165, 1.54) is 19.1 Å². The van der Waals surface area contributed by atoms with Gasteiger partial charge < -0.3 is 10.1 Å². The van der Waals surface area contributed by atoms with E-state index in [4.69, 9.17) is 27.9 Å². The molecular weight excluding hydrogens is 377 g/mol. The van der Waals surface area contributed by atoms with Crippen LogP contribution in [0, 0.1) is 0 Å². The van der Waals surface area contributed by atoms with Gasteiger partial charge in [0, 0.05) is 0 Å². The van der Waals surface area contributed by atoms with E-state index in [1.54, 1.807) is 6.07 Å². The molecule has 26 heavy (non-hydrogen) atoms. The molecule has 0 aliphatic heterocycles. The quantitative estimate of drug-likeness (QED) is 0.730. The fourth-order valence-corrected chi connectivity index (χ4v) is 2.63. The zero-order chi connectivity index (χ0) is 19.1. The molecule has 5 nitrogen and oxygen atoms in total. The number of carbonyl (C=O) groups is 3. The molecule has 0 aliphatic rings. The number of benzene rings is 2. The molecule has 0 unspecified atom stereocenters. The second-order valence-electron chi connectivity index (χ2n) is 5.60. The van der Waals surface area contributed by atoms with Gasteiger partial charge in [-0.15, -0.1) is 0 Å². The van der Waals surface area contributed by atoms with Crippen molar-refractivity contribution in [3.8, 4) is 0 Å². The van der Waals surface area contributed by atoms with Crippen molar-refractivity contribution < 1.29 is 19.1 Å². The van der Waals surface area contributed by atoms with Gasteiger partial charge in [0.05, 0.1) is 21.7 Å². The fourth-order valence-electron chi connectivity index (χ4n) is 2.25. The maximum absolute atomic E-state index is 12.0. The molecule has 2 aromatic carbocycles. The van der Waals surface area contributed by atoms with E-state index < -0.39 is 24.5 Å². The predicted octanol–water partition coefficient (Wildman–Crippen LogP) is 3.47. The van der Waals surface area contributed by atoms with E-state index in [9.17, 15) is 14.4 Å². The lowest BCUT2D eigenvalue weighted by Crippen LogP contribution is -2.43. The van der Waals surface area contributed by atoms with Crippen molar-refractivity contribution >= 4 is 40.9 Å². The summed E-state index contributed by atoms with van der Waals surface area (Å²) in [7, 11) is 0. The number of hydrogen-bond acceptors (Lipinski definition) is 4. The average Bonchev–Trinajstić information content (AvgIpc) is 2.62. The Hall–Kier alpha value is -2.37. The number of esters is 1. The Bertz CT molecular complexity index is 808. The van der Waals surface area contributed by atoms with Crippen molar-refractivity contribution in [2.75, 3.05) is 6.61 Å². The van der Waals surface area contributed by atoms with Gasteiger partial charge in [-0.25, -0.2) is 4.79 Å². The molecule has 2 aromatic rings. The number of ketones is 1. The summed E-state index contributed by atoms with van der Waals surface area (Å²) in [6, 6.07) is 13.1. The lowest BCUT2D eigenvalue weighted by atomic mass is 10.0. The van der Waals surface area contributed by atoms with Gasteiger partial charge >= 0.3 is 5.97 Å². The van der Waals surface area contributed by atoms with Crippen molar-refractivity contribution in [1.29, 1.82) is 0 Å². The topological polar surface area (TPSA) is 72.5 Å². The molecule has 0 saturated heterocycles. The summed E-state index contributed by atoms with van der Waals surface area (Å²) in [5.41, 5.74) is 0.982. The smallest absolute Gasteiger partial charge is 0.340 e. The normalized spacial score (nSPS) is 11.5. The Morgan fingerprint density at radius 3 is 2.38 bits per heavy atom. The molecule has 0 saturated carbocycles. The standard InChI is InChI=1S/C19H17Cl2NO4/c1-12(23)16(10-13-6-3-2-4-7-13)22-17(24)11-26-19(25)14-8-5-9-15(20)18(14)21/h2-9,16H,10-11H2,1H3,(H,22,24)/t16-/m1/s1. The van der Waals surface area contributed by atoms with Crippen molar-refractivity contribution in [2.24, 2.45) is 0 Å². The van der Waals surface area contributed by atoms with Crippen LogP contribution in [-0.4, -0.2) is 30.3 Å². The van der Waals surface area contributed by atoms with Gasteiger partial charge in [0.1, 0.15) is 0 Å². The van der Waals surface area contributed by atoms with Gasteiger partial charge in [-0.2, -0.15) is 0 Å². The molecule has 0 fully saturated rings. The second-order valence-corrected chi connectivity index (χ2v) is 6.38. The molecule has 0 bridgehead atoms. The van der Waals surface area contributed by atoms with E-state index in [2.05, 4.69) is 5.32 Å². The summed E-state index contributed by atoms with van der Waals surface area (Å²) in [5, 5.41) is 2.85. The van der Waals surface area contributed by atoms with Gasteiger partial charge in [0.25, 0.3) is 5.91 Å². The summed E-state index contributed by atoms with van der Waals surface area (Å²) in [4.78, 5) is 35.8. The molecule has 1 atom stereocenters. The van der Waals surface area contributed by atoms with E-state index in [0.29, 0.717) is 6.42 Å². The highest BCUT2D eigenvalue weighted by atomic mass is 35.5. The summed E-state index contributed by atoms with van der Waals surface area (Å²) >= 11 is 11.8. The van der Waals surface area contributed by atoms with E-state index in [0.717, 1.165) is 5.56 Å². The van der Waals surface area contributed by atoms with Gasteiger partial charge in [-0.3, -0.25) is 9.59 Å². The van der Waals surface area contributed by atoms with Crippen LogP contribution >= 0.6 is 23.2 Å². The van der Waals surface area contributed by atoms with Crippen LogP contribution in [0.3, 0.4) is 0 Å². The number of ether oxygens (including phenoxy) is 1. The van der Waals surface area contributed by atoms with Crippen LogP contribution in [0.5, 0.6) is 0 Å². The highest BCUT2D eigenvalue weighted by molar-refractivity contribution is 6.43. The zero-order valence-corrected chi connectivity index (χ0v) is 15.5. The molecule has 0 aromatic heterocycles. The first-order valence-corrected chi connectivity index (χ1v) is 8.59. The maximum Gasteiger partial charge on any atom is 0.340 e. The monoisotopic (exact) mass is 393 g/mol. The first-order chi connectivity index (χ1) is 12.4. The Morgan fingerprint density at radius 2 is 1.73 bits per heavy atom. The van der Waals surface area contributed by atoms with Gasteiger partial charge in [-0.05, 0) is 31.0 Å². The largest absolute Gasteiger partial charge is 0.452 e. The van der Waals surface area contributed by atoms with Crippen molar-refractivity contribution in [2.45, 2.75) is 19.4 Å². The molecular formula is C19H17Cl2NO4. The third-order valence-electron chi connectivity index (χ3n) is 3.61. The third kappa shape index (κ3) is 5.58. The third-order valence-corrected chi connectivity index (χ3v) is 4.43. The van der Waals surface area contributed by atoms with Crippen LogP contribution in [0.1, 0.15) is 22.8 Å². The number of carbonyl (C=O) groups excluding carboxylic acids is 3. The molecule has 0 aliphatic carbocycles. The van der Waals surface area contributed by atoms with Crippen molar-refractivity contribution in [1.82, 2.24) is 5.32 Å². The van der Waals surface area contributed by atoms with Crippen molar-refractivity contribution in [3.05, 3.63) is 69.7 Å². The van der Waals surface area contributed by atoms with Crippen LogP contribution in [0.15, 0.2) is 48.5 Å². The van der Waals surface area contributed by atoms with Crippen LogP contribution in [-0.2, 0) is 20.7 Å². The Balaban J connectivity index is 1.93. The fraction of sp³-hybridized carbons (Fsp3) is 0.211. The highest BCUT2D eigenvalue weighted by Crippen LogP contribution is 2.25. The molecule has 1 N–H and O–H groups in total. The number of Topliss-reactive ketones (excluding diaryl/α,β-unsaturated/α-hetero) is 1. The van der Waals surface area contributed by atoms with Crippen LogP contribution in [0.25, 0.3) is 0 Å². The first kappa shape index (κ1) is 19.9. The Kier molecular flexibility index (Phi) is 7.18. The predicted molar refractivity (Wildman–Crippen MR) is 99.5 cm³/mol. The van der Waals surface area contributed by atoms with Crippen LogP contribution in [0.2, 0.25) is 10.0 Å². The average molecular weight is 394 g/mol. The van der Waals surface area contributed by atoms with Gasteiger partial charge in [0.2, 0.25) is 0 Å². The second kappa shape index (κ2) is 9.36. The lowest BCUT2D eigenvalue weighted by molar-refractivity contribution is -0.128. The minimum absolute atomic E-state index is 0.0604. The first-order valence-electron chi connectivity index (χ1n) is 7.83. The van der Waals surface area contributed by atoms with Crippen LogP contribution in [0.4, 0.5) is 0 Å².